The molecule has 27 heavy (non-hydrogen) atoms. The van der Waals surface area contributed by atoms with Crippen LogP contribution in [-0.4, -0.2) is 36.4 Å². The number of rotatable bonds is 2. The molecule has 0 aliphatic carbocycles. The maximum atomic E-state index is 12.4. The molecule has 2 aliphatic rings. The predicted octanol–water partition coefficient (Wildman–Crippen LogP) is 3.30. The fraction of sp³-hybridized carbons (Fsp3) is 0.667. The second-order valence-electron chi connectivity index (χ2n) is 9.65. The minimum Gasteiger partial charge on any atom is -0.460 e. The van der Waals surface area contributed by atoms with Gasteiger partial charge in [0.2, 0.25) is 0 Å². The maximum absolute atomic E-state index is 12.4. The zero-order chi connectivity index (χ0) is 20.0. The Morgan fingerprint density at radius 2 is 1.81 bits per heavy atom. The smallest absolute Gasteiger partial charge is 0.460 e. The van der Waals surface area contributed by atoms with Gasteiger partial charge in [-0.3, -0.25) is 4.79 Å². The monoisotopic (exact) mass is 373 g/mol. The number of carbonyl (C=O) groups excluding carboxylic acids is 1. The second kappa shape index (κ2) is 6.82. The fourth-order valence-corrected chi connectivity index (χ4v) is 3.37. The first-order valence-electron chi connectivity index (χ1n) is 9.83. The van der Waals surface area contributed by atoms with Gasteiger partial charge >= 0.3 is 13.1 Å². The first-order chi connectivity index (χ1) is 12.4. The Balaban J connectivity index is 1.73. The molecule has 0 aromatic heterocycles. The van der Waals surface area contributed by atoms with E-state index in [9.17, 15) is 4.79 Å². The SMILES string of the molecule is CC(C)(C)OC(=O)C1CCc2cc(B3OC(C)(C)C(C)(C)O3)ccc2NC1. The molecule has 1 atom stereocenters. The predicted molar refractivity (Wildman–Crippen MR) is 108 cm³/mol. The van der Waals surface area contributed by atoms with Crippen LogP contribution in [-0.2, 0) is 25.3 Å². The van der Waals surface area contributed by atoms with E-state index in [1.54, 1.807) is 0 Å². The molecule has 2 aliphatic heterocycles. The summed E-state index contributed by atoms with van der Waals surface area (Å²) in [5, 5.41) is 3.41. The van der Waals surface area contributed by atoms with Crippen molar-refractivity contribution >= 4 is 24.2 Å². The van der Waals surface area contributed by atoms with Gasteiger partial charge in [-0.25, -0.2) is 0 Å². The van der Waals surface area contributed by atoms with Gasteiger partial charge in [0.1, 0.15) is 5.60 Å². The minimum absolute atomic E-state index is 0.131. The summed E-state index contributed by atoms with van der Waals surface area (Å²) >= 11 is 0. The van der Waals surface area contributed by atoms with Crippen LogP contribution in [0.3, 0.4) is 0 Å². The average Bonchev–Trinajstić information content (AvgIpc) is 2.68. The van der Waals surface area contributed by atoms with Crippen molar-refractivity contribution in [3.63, 3.8) is 0 Å². The molecule has 1 aromatic carbocycles. The molecule has 1 N–H and O–H groups in total. The van der Waals surface area contributed by atoms with Gasteiger partial charge in [0.25, 0.3) is 0 Å². The third-order valence-electron chi connectivity index (χ3n) is 5.70. The quantitative estimate of drug-likeness (QED) is 0.637. The summed E-state index contributed by atoms with van der Waals surface area (Å²) in [6, 6.07) is 6.25. The third kappa shape index (κ3) is 4.32. The van der Waals surface area contributed by atoms with Crippen molar-refractivity contribution in [3.8, 4) is 0 Å². The Kier molecular flexibility index (Phi) is 5.11. The standard InChI is InChI=1S/C21H32BNO4/c1-19(2,3)25-18(24)15-9-8-14-12-16(10-11-17(14)23-13-15)22-26-20(4,5)21(6,7)27-22/h10-12,15,23H,8-9,13H2,1-7H3. The molecule has 0 saturated carbocycles. The number of aryl methyl sites for hydroxylation is 1. The highest BCUT2D eigenvalue weighted by molar-refractivity contribution is 6.62. The summed E-state index contributed by atoms with van der Waals surface area (Å²) in [6.07, 6.45) is 1.58. The van der Waals surface area contributed by atoms with Gasteiger partial charge in [-0.2, -0.15) is 0 Å². The number of esters is 1. The molecular weight excluding hydrogens is 341 g/mol. The number of hydrogen-bond acceptors (Lipinski definition) is 5. The molecular formula is C21H32BNO4. The van der Waals surface area contributed by atoms with Gasteiger partial charge in [-0.05, 0) is 78.4 Å². The normalized spacial score (nSPS) is 24.0. The van der Waals surface area contributed by atoms with Gasteiger partial charge in [0, 0.05) is 12.2 Å². The Morgan fingerprint density at radius 1 is 1.19 bits per heavy atom. The lowest BCUT2D eigenvalue weighted by molar-refractivity contribution is -0.159. The van der Waals surface area contributed by atoms with Crippen molar-refractivity contribution < 1.29 is 18.8 Å². The average molecular weight is 373 g/mol. The summed E-state index contributed by atoms with van der Waals surface area (Å²) < 4.78 is 17.9. The van der Waals surface area contributed by atoms with Crippen molar-refractivity contribution in [1.82, 2.24) is 0 Å². The summed E-state index contributed by atoms with van der Waals surface area (Å²) in [7, 11) is -0.370. The summed E-state index contributed by atoms with van der Waals surface area (Å²) in [5.74, 6) is -0.272. The van der Waals surface area contributed by atoms with Gasteiger partial charge in [-0.1, -0.05) is 12.1 Å². The molecule has 1 unspecified atom stereocenters. The number of benzene rings is 1. The first-order valence-corrected chi connectivity index (χ1v) is 9.83. The second-order valence-corrected chi connectivity index (χ2v) is 9.65. The van der Waals surface area contributed by atoms with Crippen LogP contribution in [0.1, 0.15) is 60.5 Å². The van der Waals surface area contributed by atoms with Gasteiger partial charge in [0.05, 0.1) is 17.1 Å². The molecule has 0 radical (unpaired) electrons. The maximum Gasteiger partial charge on any atom is 0.494 e. The van der Waals surface area contributed by atoms with E-state index in [0.29, 0.717) is 6.54 Å². The molecule has 1 fully saturated rings. The minimum atomic E-state index is -0.458. The number of carbonyl (C=O) groups is 1. The lowest BCUT2D eigenvalue weighted by Gasteiger charge is -2.32. The van der Waals surface area contributed by atoms with E-state index in [1.807, 2.05) is 26.8 Å². The topological polar surface area (TPSA) is 56.8 Å². The van der Waals surface area contributed by atoms with Crippen LogP contribution in [0.4, 0.5) is 5.69 Å². The molecule has 6 heteroatoms. The fourth-order valence-electron chi connectivity index (χ4n) is 3.37. The van der Waals surface area contributed by atoms with Crippen LogP contribution >= 0.6 is 0 Å². The highest BCUT2D eigenvalue weighted by atomic mass is 16.7. The number of ether oxygens (including phenoxy) is 1. The largest absolute Gasteiger partial charge is 0.494 e. The van der Waals surface area contributed by atoms with E-state index in [4.69, 9.17) is 14.0 Å². The van der Waals surface area contributed by atoms with Crippen molar-refractivity contribution in [1.29, 1.82) is 0 Å². The van der Waals surface area contributed by atoms with Crippen molar-refractivity contribution in [3.05, 3.63) is 23.8 Å². The number of nitrogens with one attached hydrogen (secondary N) is 1. The van der Waals surface area contributed by atoms with E-state index >= 15 is 0 Å². The Morgan fingerprint density at radius 3 is 2.41 bits per heavy atom. The molecule has 1 aromatic rings. The highest BCUT2D eigenvalue weighted by Gasteiger charge is 2.51. The molecule has 1 saturated heterocycles. The molecule has 3 rings (SSSR count). The summed E-state index contributed by atoms with van der Waals surface area (Å²) in [4.78, 5) is 12.4. The summed E-state index contributed by atoms with van der Waals surface area (Å²) in [5.41, 5.74) is 2.11. The van der Waals surface area contributed by atoms with Crippen molar-refractivity contribution in [2.24, 2.45) is 5.92 Å². The molecule has 148 valence electrons. The lowest BCUT2D eigenvalue weighted by Crippen LogP contribution is -2.41. The first kappa shape index (κ1) is 20.2. The van der Waals surface area contributed by atoms with Crippen LogP contribution in [0.5, 0.6) is 0 Å². The van der Waals surface area contributed by atoms with Crippen LogP contribution in [0.15, 0.2) is 18.2 Å². The number of fused-ring (bicyclic) bond motifs is 1. The van der Waals surface area contributed by atoms with Gasteiger partial charge < -0.3 is 19.4 Å². The van der Waals surface area contributed by atoms with Crippen LogP contribution < -0.4 is 10.8 Å². The third-order valence-corrected chi connectivity index (χ3v) is 5.70. The van der Waals surface area contributed by atoms with E-state index in [0.717, 1.165) is 24.0 Å². The van der Waals surface area contributed by atoms with E-state index in [1.165, 1.54) is 5.56 Å². The van der Waals surface area contributed by atoms with E-state index in [2.05, 4.69) is 45.1 Å². The van der Waals surface area contributed by atoms with Crippen LogP contribution in [0.2, 0.25) is 0 Å². The number of anilines is 1. The molecule has 0 bridgehead atoms. The highest BCUT2D eigenvalue weighted by Crippen LogP contribution is 2.37. The number of hydrogen-bond donors (Lipinski definition) is 1. The lowest BCUT2D eigenvalue weighted by atomic mass is 9.78. The molecule has 2 heterocycles. The van der Waals surface area contributed by atoms with Crippen LogP contribution in [0, 0.1) is 5.92 Å². The Labute approximate surface area is 163 Å². The van der Waals surface area contributed by atoms with Crippen molar-refractivity contribution in [2.75, 3.05) is 11.9 Å². The van der Waals surface area contributed by atoms with E-state index in [-0.39, 0.29) is 30.2 Å². The Bertz CT molecular complexity index is 707. The van der Waals surface area contributed by atoms with Gasteiger partial charge in [0.15, 0.2) is 0 Å². The van der Waals surface area contributed by atoms with E-state index < -0.39 is 5.60 Å². The van der Waals surface area contributed by atoms with Crippen LogP contribution in [0.25, 0.3) is 0 Å². The van der Waals surface area contributed by atoms with Crippen molar-refractivity contribution in [2.45, 2.75) is 78.1 Å². The zero-order valence-electron chi connectivity index (χ0n) is 17.6. The molecule has 0 spiro atoms. The molecule has 5 nitrogen and oxygen atoms in total. The zero-order valence-corrected chi connectivity index (χ0v) is 17.6. The van der Waals surface area contributed by atoms with Gasteiger partial charge in [-0.15, -0.1) is 0 Å². The summed E-state index contributed by atoms with van der Waals surface area (Å²) in [6.45, 7) is 14.5. The molecule has 0 amide bonds. The Hall–Kier alpha value is -1.53.